The van der Waals surface area contributed by atoms with Crippen LogP contribution in [0.25, 0.3) is 11.1 Å². The molecule has 2 aliphatic heterocycles. The van der Waals surface area contributed by atoms with Gasteiger partial charge in [-0.3, -0.25) is 14.5 Å². The van der Waals surface area contributed by atoms with Crippen LogP contribution in [0.3, 0.4) is 0 Å². The standard InChI is InChI=1S/C15H11NO3S3/c1-15(2)12-9(14(20)22-21-12)7-4-6(19-3)5-8-10(7)16(15)13(18)11(8)17/h4-5H,1-3H3. The van der Waals surface area contributed by atoms with Gasteiger partial charge < -0.3 is 4.74 Å². The number of hydrogen-bond donors (Lipinski definition) is 0. The van der Waals surface area contributed by atoms with Crippen molar-refractivity contribution in [3.8, 4) is 16.9 Å². The second kappa shape index (κ2) is 4.24. The number of ether oxygens (including phenoxy) is 1. The Hall–Kier alpha value is -1.57. The van der Waals surface area contributed by atoms with Crippen LogP contribution in [0.4, 0.5) is 5.69 Å². The fourth-order valence-electron chi connectivity index (χ4n) is 3.18. The molecule has 0 saturated carbocycles. The molecule has 1 aromatic carbocycles. The molecule has 0 radical (unpaired) electrons. The highest BCUT2D eigenvalue weighted by Gasteiger charge is 2.51. The van der Waals surface area contributed by atoms with E-state index in [1.54, 1.807) is 28.4 Å². The molecular weight excluding hydrogens is 338 g/mol. The molecule has 0 unspecified atom stereocenters. The molecule has 1 amide bonds. The van der Waals surface area contributed by atoms with E-state index in [1.807, 2.05) is 19.9 Å². The van der Waals surface area contributed by atoms with Crippen LogP contribution in [0.5, 0.6) is 5.75 Å². The fourth-order valence-corrected chi connectivity index (χ4v) is 6.46. The lowest BCUT2D eigenvalue weighted by Gasteiger charge is -2.39. The highest BCUT2D eigenvalue weighted by Crippen LogP contribution is 2.56. The molecular formula is C15H11NO3S3. The molecule has 22 heavy (non-hydrogen) atoms. The Kier molecular flexibility index (Phi) is 2.71. The number of Topliss-reactive ketones (excluding diaryl/α,β-unsaturated/α-hetero) is 1. The summed E-state index contributed by atoms with van der Waals surface area (Å²) in [6, 6.07) is 3.50. The summed E-state index contributed by atoms with van der Waals surface area (Å²) in [5, 5.41) is 0. The number of anilines is 1. The Morgan fingerprint density at radius 1 is 1.18 bits per heavy atom. The number of rotatable bonds is 1. The first-order valence-electron chi connectivity index (χ1n) is 6.63. The number of carbonyl (C=O) groups is 2. The Labute approximate surface area is 139 Å². The summed E-state index contributed by atoms with van der Waals surface area (Å²) in [5.74, 6) is -0.398. The lowest BCUT2D eigenvalue weighted by molar-refractivity contribution is -0.115. The van der Waals surface area contributed by atoms with Gasteiger partial charge >= 0.3 is 0 Å². The minimum absolute atomic E-state index is 0.406. The quantitative estimate of drug-likeness (QED) is 0.444. The van der Waals surface area contributed by atoms with Crippen molar-refractivity contribution in [2.24, 2.45) is 0 Å². The molecule has 0 N–H and O–H groups in total. The van der Waals surface area contributed by atoms with Crippen molar-refractivity contribution in [2.75, 3.05) is 12.0 Å². The number of methoxy groups -OCH3 is 1. The first-order valence-corrected chi connectivity index (χ1v) is 9.18. The van der Waals surface area contributed by atoms with Gasteiger partial charge in [-0.1, -0.05) is 32.9 Å². The average molecular weight is 349 g/mol. The maximum Gasteiger partial charge on any atom is 0.300 e. The van der Waals surface area contributed by atoms with Crippen LogP contribution < -0.4 is 9.64 Å². The molecule has 0 spiro atoms. The summed E-state index contributed by atoms with van der Waals surface area (Å²) in [6.07, 6.45) is 0. The zero-order chi connectivity index (χ0) is 15.8. The number of benzene rings is 1. The van der Waals surface area contributed by atoms with Gasteiger partial charge in [0, 0.05) is 11.1 Å². The molecule has 0 fully saturated rings. The molecule has 4 rings (SSSR count). The maximum absolute atomic E-state index is 12.5. The summed E-state index contributed by atoms with van der Waals surface area (Å²) in [6.45, 7) is 3.91. The predicted molar refractivity (Wildman–Crippen MR) is 89.9 cm³/mol. The van der Waals surface area contributed by atoms with Gasteiger partial charge in [-0.25, -0.2) is 0 Å². The minimum Gasteiger partial charge on any atom is -0.497 e. The lowest BCUT2D eigenvalue weighted by atomic mass is 9.88. The van der Waals surface area contributed by atoms with Crippen LogP contribution in [0.2, 0.25) is 0 Å². The molecule has 2 aliphatic rings. The molecule has 1 aromatic heterocycles. The lowest BCUT2D eigenvalue weighted by Crippen LogP contribution is -2.46. The number of carbonyl (C=O) groups excluding carboxylic acids is 2. The number of ketones is 1. The number of nitrogens with zero attached hydrogens (tertiary/aromatic N) is 1. The Balaban J connectivity index is 2.20. The summed E-state index contributed by atoms with van der Waals surface area (Å²) in [5.41, 5.74) is 2.29. The van der Waals surface area contributed by atoms with E-state index in [9.17, 15) is 9.59 Å². The second-order valence-electron chi connectivity index (χ2n) is 5.76. The number of amides is 1. The number of fused-ring (bicyclic) bond motifs is 2. The first-order chi connectivity index (χ1) is 10.4. The van der Waals surface area contributed by atoms with E-state index in [1.165, 1.54) is 10.3 Å². The predicted octanol–water partition coefficient (Wildman–Crippen LogP) is 3.99. The summed E-state index contributed by atoms with van der Waals surface area (Å²) in [4.78, 5) is 27.6. The third-order valence-electron chi connectivity index (χ3n) is 4.20. The third kappa shape index (κ3) is 1.48. The SMILES string of the molecule is COc1cc2c3c(c1)-c1c(ssc1=S)C(C)(C)N3C(=O)C2=O. The van der Waals surface area contributed by atoms with Crippen molar-refractivity contribution in [1.29, 1.82) is 0 Å². The van der Waals surface area contributed by atoms with Gasteiger partial charge in [-0.05, 0) is 26.0 Å². The molecule has 0 saturated heterocycles. The van der Waals surface area contributed by atoms with E-state index < -0.39 is 17.2 Å². The molecule has 112 valence electrons. The van der Waals surface area contributed by atoms with Crippen LogP contribution in [0.15, 0.2) is 12.1 Å². The smallest absolute Gasteiger partial charge is 0.300 e. The minimum atomic E-state index is -0.576. The van der Waals surface area contributed by atoms with Crippen molar-refractivity contribution >= 4 is 50.3 Å². The van der Waals surface area contributed by atoms with Gasteiger partial charge in [0.2, 0.25) is 0 Å². The maximum atomic E-state index is 12.5. The number of hydrogen-bond acceptors (Lipinski definition) is 6. The van der Waals surface area contributed by atoms with E-state index in [4.69, 9.17) is 17.0 Å². The summed E-state index contributed by atoms with van der Waals surface area (Å²) < 4.78 is 6.09. The van der Waals surface area contributed by atoms with E-state index in [0.717, 1.165) is 19.8 Å². The largest absolute Gasteiger partial charge is 0.497 e. The molecule has 7 heteroatoms. The van der Waals surface area contributed by atoms with Crippen molar-refractivity contribution in [1.82, 2.24) is 0 Å². The van der Waals surface area contributed by atoms with Gasteiger partial charge in [0.05, 0.1) is 28.8 Å². The van der Waals surface area contributed by atoms with Gasteiger partial charge in [0.1, 0.15) is 9.57 Å². The second-order valence-corrected chi connectivity index (χ2v) is 8.57. The van der Waals surface area contributed by atoms with E-state index in [0.29, 0.717) is 17.0 Å². The fraction of sp³-hybridized carbons (Fsp3) is 0.267. The monoisotopic (exact) mass is 349 g/mol. The van der Waals surface area contributed by atoms with Gasteiger partial charge in [0.25, 0.3) is 11.7 Å². The van der Waals surface area contributed by atoms with Crippen LogP contribution >= 0.6 is 32.9 Å². The Morgan fingerprint density at radius 3 is 2.55 bits per heavy atom. The van der Waals surface area contributed by atoms with Gasteiger partial charge in [0.15, 0.2) is 0 Å². The zero-order valence-electron chi connectivity index (χ0n) is 12.1. The summed E-state index contributed by atoms with van der Waals surface area (Å²) in [7, 11) is 4.65. The van der Waals surface area contributed by atoms with Crippen molar-refractivity contribution < 1.29 is 14.3 Å². The molecule has 2 aromatic rings. The van der Waals surface area contributed by atoms with E-state index in [2.05, 4.69) is 0 Å². The zero-order valence-corrected chi connectivity index (χ0v) is 14.5. The van der Waals surface area contributed by atoms with Crippen molar-refractivity contribution in [3.63, 3.8) is 0 Å². The Bertz CT molecular complexity index is 923. The van der Waals surface area contributed by atoms with Crippen LogP contribution in [0, 0.1) is 3.82 Å². The van der Waals surface area contributed by atoms with E-state index >= 15 is 0 Å². The van der Waals surface area contributed by atoms with E-state index in [-0.39, 0.29) is 0 Å². The summed E-state index contributed by atoms with van der Waals surface area (Å²) >= 11 is 5.49. The molecule has 3 heterocycles. The average Bonchev–Trinajstić information content (AvgIpc) is 2.99. The van der Waals surface area contributed by atoms with Crippen LogP contribution in [0.1, 0.15) is 29.1 Å². The highest BCUT2D eigenvalue weighted by molar-refractivity contribution is 7.80. The van der Waals surface area contributed by atoms with Crippen LogP contribution in [-0.4, -0.2) is 18.8 Å². The van der Waals surface area contributed by atoms with Crippen molar-refractivity contribution in [3.05, 3.63) is 26.4 Å². The van der Waals surface area contributed by atoms with Crippen LogP contribution in [-0.2, 0) is 10.3 Å². The first kappa shape index (κ1) is 14.0. The third-order valence-corrected chi connectivity index (χ3v) is 7.53. The van der Waals surface area contributed by atoms with Crippen molar-refractivity contribution in [2.45, 2.75) is 19.4 Å². The Morgan fingerprint density at radius 2 is 1.86 bits per heavy atom. The molecule has 0 bridgehead atoms. The molecule has 4 nitrogen and oxygen atoms in total. The highest BCUT2D eigenvalue weighted by atomic mass is 32.9. The normalized spacial score (nSPS) is 17.5. The van der Waals surface area contributed by atoms with Gasteiger partial charge in [-0.2, -0.15) is 0 Å². The topological polar surface area (TPSA) is 46.6 Å². The van der Waals surface area contributed by atoms with Gasteiger partial charge in [-0.15, -0.1) is 0 Å². The molecule has 0 atom stereocenters. The molecule has 0 aliphatic carbocycles.